The van der Waals surface area contributed by atoms with E-state index in [9.17, 15) is 4.79 Å². The van der Waals surface area contributed by atoms with E-state index in [1.807, 2.05) is 34.5 Å². The second-order valence-corrected chi connectivity index (χ2v) is 7.20. The molecule has 23 heavy (non-hydrogen) atoms. The van der Waals surface area contributed by atoms with E-state index in [0.717, 1.165) is 44.8 Å². The number of hydrogen-bond donors (Lipinski definition) is 0. The first-order valence-corrected chi connectivity index (χ1v) is 9.02. The molecule has 7 heteroatoms. The Kier molecular flexibility index (Phi) is 3.90. The zero-order valence-electron chi connectivity index (χ0n) is 13.3. The lowest BCUT2D eigenvalue weighted by Crippen LogP contribution is -2.48. The molecule has 1 aliphatic carbocycles. The topological polar surface area (TPSA) is 54.3 Å². The van der Waals surface area contributed by atoms with Crippen LogP contribution in [0.3, 0.4) is 0 Å². The number of aryl methyl sites for hydroxylation is 1. The van der Waals surface area contributed by atoms with E-state index in [-0.39, 0.29) is 5.92 Å². The van der Waals surface area contributed by atoms with E-state index in [2.05, 4.69) is 20.4 Å². The number of thiazole rings is 1. The Labute approximate surface area is 139 Å². The van der Waals surface area contributed by atoms with E-state index in [1.54, 1.807) is 11.3 Å². The van der Waals surface area contributed by atoms with Crippen LogP contribution in [0.5, 0.6) is 0 Å². The number of hydrogen-bond acceptors (Lipinski definition) is 5. The van der Waals surface area contributed by atoms with Crippen LogP contribution in [0.4, 0.5) is 0 Å². The first-order chi connectivity index (χ1) is 11.2. The largest absolute Gasteiger partial charge is 0.340 e. The van der Waals surface area contributed by atoms with Crippen LogP contribution >= 0.6 is 11.3 Å². The van der Waals surface area contributed by atoms with Gasteiger partial charge in [0.1, 0.15) is 0 Å². The zero-order chi connectivity index (χ0) is 15.8. The van der Waals surface area contributed by atoms with Crippen molar-refractivity contribution in [2.75, 3.05) is 26.2 Å². The molecule has 2 aromatic heterocycles. The molecule has 0 aromatic carbocycles. The first-order valence-electron chi connectivity index (χ1n) is 8.07. The summed E-state index contributed by atoms with van der Waals surface area (Å²) in [4.78, 5) is 21.4. The Balaban J connectivity index is 1.28. The molecular formula is C16H21N5OS. The monoisotopic (exact) mass is 331 g/mol. The normalized spacial score (nSPS) is 24.8. The summed E-state index contributed by atoms with van der Waals surface area (Å²) in [5.74, 6) is 0.876. The van der Waals surface area contributed by atoms with Gasteiger partial charge in [0.15, 0.2) is 0 Å². The minimum atomic E-state index is 0.171. The average Bonchev–Trinajstić information content (AvgIpc) is 2.96. The maximum Gasteiger partial charge on any atom is 0.226 e. The number of carbonyl (C=O) groups is 1. The molecule has 122 valence electrons. The molecule has 0 unspecified atom stereocenters. The highest BCUT2D eigenvalue weighted by Gasteiger charge is 2.46. The molecule has 2 atom stereocenters. The molecule has 0 bridgehead atoms. The van der Waals surface area contributed by atoms with Crippen LogP contribution in [-0.2, 0) is 18.4 Å². The van der Waals surface area contributed by atoms with Crippen molar-refractivity contribution in [3.8, 4) is 0 Å². The van der Waals surface area contributed by atoms with Crippen LogP contribution in [0.15, 0.2) is 23.3 Å². The predicted octanol–water partition coefficient (Wildman–Crippen LogP) is 1.32. The third-order valence-corrected chi connectivity index (χ3v) is 5.45. The van der Waals surface area contributed by atoms with Crippen LogP contribution in [0.25, 0.3) is 0 Å². The summed E-state index contributed by atoms with van der Waals surface area (Å²) in [6, 6.07) is 0. The SMILES string of the molecule is Cn1cc([C@H]2C[C@@H]2C(=O)N2CCN(Cc3cscn3)CC2)cn1. The van der Waals surface area contributed by atoms with Gasteiger partial charge in [-0.05, 0) is 17.9 Å². The van der Waals surface area contributed by atoms with Crippen LogP contribution in [0, 0.1) is 5.92 Å². The van der Waals surface area contributed by atoms with Crippen molar-refractivity contribution in [1.82, 2.24) is 24.6 Å². The molecule has 0 N–H and O–H groups in total. The van der Waals surface area contributed by atoms with Gasteiger partial charge in [-0.2, -0.15) is 5.10 Å². The minimum Gasteiger partial charge on any atom is -0.340 e. The van der Waals surface area contributed by atoms with Gasteiger partial charge in [-0.15, -0.1) is 11.3 Å². The van der Waals surface area contributed by atoms with Gasteiger partial charge in [-0.25, -0.2) is 4.98 Å². The molecule has 1 saturated carbocycles. The molecule has 0 spiro atoms. The maximum atomic E-state index is 12.6. The van der Waals surface area contributed by atoms with Crippen LogP contribution < -0.4 is 0 Å². The number of aromatic nitrogens is 3. The van der Waals surface area contributed by atoms with Gasteiger partial charge in [0.2, 0.25) is 5.91 Å². The average molecular weight is 331 g/mol. The molecule has 2 aliphatic rings. The Hall–Kier alpha value is -1.73. The smallest absolute Gasteiger partial charge is 0.226 e. The van der Waals surface area contributed by atoms with E-state index in [1.165, 1.54) is 5.56 Å². The molecule has 3 heterocycles. The van der Waals surface area contributed by atoms with Crippen LogP contribution in [0.1, 0.15) is 23.6 Å². The Morgan fingerprint density at radius 3 is 2.83 bits per heavy atom. The van der Waals surface area contributed by atoms with E-state index < -0.39 is 0 Å². The van der Waals surface area contributed by atoms with Crippen molar-refractivity contribution in [2.24, 2.45) is 13.0 Å². The van der Waals surface area contributed by atoms with E-state index >= 15 is 0 Å². The highest BCUT2D eigenvalue weighted by Crippen LogP contribution is 2.48. The molecule has 1 saturated heterocycles. The lowest BCUT2D eigenvalue weighted by molar-refractivity contribution is -0.134. The van der Waals surface area contributed by atoms with Gasteiger partial charge < -0.3 is 4.90 Å². The van der Waals surface area contributed by atoms with E-state index in [4.69, 9.17) is 0 Å². The molecule has 0 radical (unpaired) electrons. The van der Waals surface area contributed by atoms with Gasteiger partial charge in [0, 0.05) is 57.3 Å². The molecule has 4 rings (SSSR count). The molecule has 6 nitrogen and oxygen atoms in total. The summed E-state index contributed by atoms with van der Waals surface area (Å²) in [5, 5.41) is 6.31. The molecular weight excluding hydrogens is 310 g/mol. The standard InChI is InChI=1S/C16H21N5OS/c1-19-8-12(7-18-19)14-6-15(14)16(22)21-4-2-20(3-5-21)9-13-10-23-11-17-13/h7-8,10-11,14-15H,2-6,9H2,1H3/t14-,15+/m1/s1. The van der Waals surface area contributed by atoms with Crippen molar-refractivity contribution in [2.45, 2.75) is 18.9 Å². The van der Waals surface area contributed by atoms with Gasteiger partial charge in [0.05, 0.1) is 17.4 Å². The van der Waals surface area contributed by atoms with Crippen molar-refractivity contribution >= 4 is 17.2 Å². The number of nitrogens with zero attached hydrogens (tertiary/aromatic N) is 5. The predicted molar refractivity (Wildman–Crippen MR) is 88.0 cm³/mol. The van der Waals surface area contributed by atoms with Crippen molar-refractivity contribution in [1.29, 1.82) is 0 Å². The van der Waals surface area contributed by atoms with Gasteiger partial charge in [-0.1, -0.05) is 0 Å². The van der Waals surface area contributed by atoms with Crippen molar-refractivity contribution < 1.29 is 4.79 Å². The second kappa shape index (κ2) is 6.05. The third kappa shape index (κ3) is 3.16. The number of amides is 1. The summed E-state index contributed by atoms with van der Waals surface area (Å²) < 4.78 is 1.81. The first kappa shape index (κ1) is 14.8. The minimum absolute atomic E-state index is 0.171. The summed E-state index contributed by atoms with van der Waals surface area (Å²) in [7, 11) is 1.92. The fourth-order valence-electron chi connectivity index (χ4n) is 3.37. The van der Waals surface area contributed by atoms with Gasteiger partial charge in [-0.3, -0.25) is 14.4 Å². The summed E-state index contributed by atoms with van der Waals surface area (Å²) in [5.41, 5.74) is 4.21. The lowest BCUT2D eigenvalue weighted by atomic mass is 10.1. The highest BCUT2D eigenvalue weighted by molar-refractivity contribution is 7.07. The number of carbonyl (C=O) groups excluding carboxylic acids is 1. The van der Waals surface area contributed by atoms with Crippen LogP contribution in [0.2, 0.25) is 0 Å². The van der Waals surface area contributed by atoms with Gasteiger partial charge >= 0.3 is 0 Å². The Morgan fingerprint density at radius 2 is 2.17 bits per heavy atom. The Bertz CT molecular complexity index is 674. The summed E-state index contributed by atoms with van der Waals surface area (Å²) >= 11 is 1.64. The van der Waals surface area contributed by atoms with E-state index in [0.29, 0.717) is 11.8 Å². The van der Waals surface area contributed by atoms with Gasteiger partial charge in [0.25, 0.3) is 0 Å². The number of piperazine rings is 1. The molecule has 2 aromatic rings. The zero-order valence-corrected chi connectivity index (χ0v) is 14.1. The Morgan fingerprint density at radius 1 is 1.35 bits per heavy atom. The molecule has 2 fully saturated rings. The lowest BCUT2D eigenvalue weighted by Gasteiger charge is -2.34. The maximum absolute atomic E-state index is 12.6. The fraction of sp³-hybridized carbons (Fsp3) is 0.562. The molecule has 1 aliphatic heterocycles. The number of rotatable bonds is 4. The quantitative estimate of drug-likeness (QED) is 0.848. The second-order valence-electron chi connectivity index (χ2n) is 6.48. The van der Waals surface area contributed by atoms with Crippen molar-refractivity contribution in [3.05, 3.63) is 34.5 Å². The summed E-state index contributed by atoms with van der Waals surface area (Å²) in [6.07, 6.45) is 4.90. The van der Waals surface area contributed by atoms with Crippen LogP contribution in [-0.4, -0.2) is 56.7 Å². The van der Waals surface area contributed by atoms with Crippen molar-refractivity contribution in [3.63, 3.8) is 0 Å². The highest BCUT2D eigenvalue weighted by atomic mass is 32.1. The summed E-state index contributed by atoms with van der Waals surface area (Å²) in [6.45, 7) is 4.44. The third-order valence-electron chi connectivity index (χ3n) is 4.81. The fourth-order valence-corrected chi connectivity index (χ4v) is 3.92. The molecule has 1 amide bonds.